The summed E-state index contributed by atoms with van der Waals surface area (Å²) in [5.41, 5.74) is 8.15. The quantitative estimate of drug-likeness (QED) is 0.883. The van der Waals surface area contributed by atoms with Crippen molar-refractivity contribution in [3.05, 3.63) is 33.8 Å². The van der Waals surface area contributed by atoms with E-state index in [1.54, 1.807) is 18.2 Å². The fourth-order valence-corrected chi connectivity index (χ4v) is 2.29. The van der Waals surface area contributed by atoms with Crippen molar-refractivity contribution in [3.63, 3.8) is 0 Å². The van der Waals surface area contributed by atoms with Crippen molar-refractivity contribution in [2.45, 2.75) is 19.8 Å². The summed E-state index contributed by atoms with van der Waals surface area (Å²) in [5.74, 6) is 0.556. The first-order valence-corrected chi connectivity index (χ1v) is 5.96. The molecule has 0 aliphatic rings. The van der Waals surface area contributed by atoms with Gasteiger partial charge in [0.2, 0.25) is 5.88 Å². The summed E-state index contributed by atoms with van der Waals surface area (Å²) in [4.78, 5) is 0. The molecule has 0 unspecified atom stereocenters. The van der Waals surface area contributed by atoms with Crippen LogP contribution in [-0.2, 0) is 0 Å². The molecule has 0 bridgehead atoms. The summed E-state index contributed by atoms with van der Waals surface area (Å²) < 4.78 is 5.03. The topological polar surface area (TPSA) is 52.0 Å². The van der Waals surface area contributed by atoms with Crippen LogP contribution in [0.25, 0.3) is 11.3 Å². The van der Waals surface area contributed by atoms with Gasteiger partial charge < -0.3 is 10.3 Å². The van der Waals surface area contributed by atoms with E-state index in [1.165, 1.54) is 0 Å². The highest BCUT2D eigenvalue weighted by Crippen LogP contribution is 2.35. The molecule has 0 atom stereocenters. The van der Waals surface area contributed by atoms with Gasteiger partial charge in [-0.15, -0.1) is 0 Å². The third-order valence-electron chi connectivity index (χ3n) is 2.47. The highest BCUT2D eigenvalue weighted by Gasteiger charge is 2.18. The molecule has 0 saturated carbocycles. The standard InChI is InChI=1S/C12H12Cl2N2O/c1-6(2)10-11(16-17-12(10)15)7-3-8(13)5-9(14)4-7/h3-6H,15H2,1-2H3. The molecular formula is C12H12Cl2N2O. The number of benzene rings is 1. The molecule has 0 fully saturated rings. The van der Waals surface area contributed by atoms with Gasteiger partial charge in [0.15, 0.2) is 0 Å². The molecule has 17 heavy (non-hydrogen) atoms. The maximum Gasteiger partial charge on any atom is 0.226 e. The highest BCUT2D eigenvalue weighted by atomic mass is 35.5. The van der Waals surface area contributed by atoms with Crippen molar-refractivity contribution >= 4 is 29.1 Å². The molecule has 2 N–H and O–H groups in total. The van der Waals surface area contributed by atoms with Gasteiger partial charge in [0.1, 0.15) is 5.69 Å². The highest BCUT2D eigenvalue weighted by molar-refractivity contribution is 6.35. The molecule has 1 aromatic heterocycles. The summed E-state index contributed by atoms with van der Waals surface area (Å²) in [6.07, 6.45) is 0. The fourth-order valence-electron chi connectivity index (χ4n) is 1.77. The molecule has 1 aromatic carbocycles. The fraction of sp³-hybridized carbons (Fsp3) is 0.250. The largest absolute Gasteiger partial charge is 0.367 e. The summed E-state index contributed by atoms with van der Waals surface area (Å²) in [6.45, 7) is 4.05. The van der Waals surface area contributed by atoms with Gasteiger partial charge in [0.05, 0.1) is 0 Å². The van der Waals surface area contributed by atoms with Gasteiger partial charge in [-0.25, -0.2) is 0 Å². The Hall–Kier alpha value is -1.19. The lowest BCUT2D eigenvalue weighted by atomic mass is 9.99. The Morgan fingerprint density at radius 2 is 1.76 bits per heavy atom. The molecule has 0 aliphatic carbocycles. The molecule has 0 amide bonds. The van der Waals surface area contributed by atoms with Gasteiger partial charge in [-0.1, -0.05) is 42.2 Å². The van der Waals surface area contributed by atoms with Gasteiger partial charge in [0, 0.05) is 21.2 Å². The predicted molar refractivity (Wildman–Crippen MR) is 70.5 cm³/mol. The molecule has 0 aliphatic heterocycles. The van der Waals surface area contributed by atoms with E-state index >= 15 is 0 Å². The zero-order valence-electron chi connectivity index (χ0n) is 9.50. The molecular weight excluding hydrogens is 259 g/mol. The van der Waals surface area contributed by atoms with E-state index in [9.17, 15) is 0 Å². The third kappa shape index (κ3) is 2.40. The van der Waals surface area contributed by atoms with E-state index in [1.807, 2.05) is 13.8 Å². The number of nitrogen functional groups attached to an aromatic ring is 1. The molecule has 0 spiro atoms. The monoisotopic (exact) mass is 270 g/mol. The minimum atomic E-state index is 0.217. The molecule has 2 aromatic rings. The number of nitrogens with two attached hydrogens (primary N) is 1. The van der Waals surface area contributed by atoms with Crippen LogP contribution in [0, 0.1) is 0 Å². The molecule has 90 valence electrons. The predicted octanol–water partition coefficient (Wildman–Crippen LogP) is 4.35. The van der Waals surface area contributed by atoms with E-state index in [4.69, 9.17) is 33.5 Å². The first kappa shape index (κ1) is 12.3. The smallest absolute Gasteiger partial charge is 0.226 e. The Kier molecular flexibility index (Phi) is 3.31. The first-order valence-electron chi connectivity index (χ1n) is 5.20. The lowest BCUT2D eigenvalue weighted by Crippen LogP contribution is -1.94. The lowest BCUT2D eigenvalue weighted by molar-refractivity contribution is 0.438. The van der Waals surface area contributed by atoms with Crippen molar-refractivity contribution < 1.29 is 4.52 Å². The maximum absolute atomic E-state index is 5.96. The molecule has 0 radical (unpaired) electrons. The van der Waals surface area contributed by atoms with Crippen LogP contribution >= 0.6 is 23.2 Å². The molecule has 1 heterocycles. The first-order chi connectivity index (χ1) is 7.99. The van der Waals surface area contributed by atoms with Crippen LogP contribution in [0.5, 0.6) is 0 Å². The molecule has 5 heteroatoms. The average Bonchev–Trinajstić information content (AvgIpc) is 2.58. The Labute approximate surface area is 109 Å². The zero-order valence-corrected chi connectivity index (χ0v) is 11.0. The second-order valence-corrected chi connectivity index (χ2v) is 4.99. The van der Waals surface area contributed by atoms with E-state index in [2.05, 4.69) is 5.16 Å². The number of aromatic nitrogens is 1. The Morgan fingerprint density at radius 1 is 1.18 bits per heavy atom. The number of rotatable bonds is 2. The SMILES string of the molecule is CC(C)c1c(-c2cc(Cl)cc(Cl)c2)noc1N. The number of anilines is 1. The van der Waals surface area contributed by atoms with E-state index in [-0.39, 0.29) is 5.92 Å². The lowest BCUT2D eigenvalue weighted by Gasteiger charge is -2.06. The second kappa shape index (κ2) is 4.59. The van der Waals surface area contributed by atoms with Crippen LogP contribution < -0.4 is 5.73 Å². The number of halogens is 2. The number of hydrogen-bond donors (Lipinski definition) is 1. The molecule has 0 saturated heterocycles. The van der Waals surface area contributed by atoms with Gasteiger partial charge in [-0.3, -0.25) is 0 Å². The molecule has 2 rings (SSSR count). The normalized spacial score (nSPS) is 11.1. The van der Waals surface area contributed by atoms with E-state index < -0.39 is 0 Å². The minimum Gasteiger partial charge on any atom is -0.367 e. The van der Waals surface area contributed by atoms with Crippen molar-refractivity contribution in [1.29, 1.82) is 0 Å². The van der Waals surface area contributed by atoms with Crippen LogP contribution in [0.15, 0.2) is 22.7 Å². The summed E-state index contributed by atoms with van der Waals surface area (Å²) in [6, 6.07) is 5.25. The molecule has 3 nitrogen and oxygen atoms in total. The van der Waals surface area contributed by atoms with Crippen molar-refractivity contribution in [1.82, 2.24) is 5.16 Å². The zero-order chi connectivity index (χ0) is 12.6. The van der Waals surface area contributed by atoms with Crippen molar-refractivity contribution in [2.75, 3.05) is 5.73 Å². The van der Waals surface area contributed by atoms with Gasteiger partial charge >= 0.3 is 0 Å². The van der Waals surface area contributed by atoms with Crippen LogP contribution in [0.4, 0.5) is 5.88 Å². The summed E-state index contributed by atoms with van der Waals surface area (Å²) in [5, 5.41) is 5.09. The minimum absolute atomic E-state index is 0.217. The van der Waals surface area contributed by atoms with Gasteiger partial charge in [-0.05, 0) is 24.1 Å². The van der Waals surface area contributed by atoms with Crippen LogP contribution in [0.1, 0.15) is 25.3 Å². The maximum atomic E-state index is 5.96. The summed E-state index contributed by atoms with van der Waals surface area (Å²) in [7, 11) is 0. The van der Waals surface area contributed by atoms with Crippen LogP contribution in [0.3, 0.4) is 0 Å². The van der Waals surface area contributed by atoms with Gasteiger partial charge in [0.25, 0.3) is 0 Å². The van der Waals surface area contributed by atoms with E-state index in [0.717, 1.165) is 11.1 Å². The van der Waals surface area contributed by atoms with Crippen molar-refractivity contribution in [2.24, 2.45) is 0 Å². The van der Waals surface area contributed by atoms with Gasteiger partial charge in [-0.2, -0.15) is 0 Å². The second-order valence-electron chi connectivity index (χ2n) is 4.12. The third-order valence-corrected chi connectivity index (χ3v) is 2.91. The Bertz CT molecular complexity index is 529. The Balaban J connectivity index is 2.60. The van der Waals surface area contributed by atoms with E-state index in [0.29, 0.717) is 21.6 Å². The summed E-state index contributed by atoms with van der Waals surface area (Å²) >= 11 is 11.9. The Morgan fingerprint density at radius 3 is 2.29 bits per heavy atom. The number of hydrogen-bond acceptors (Lipinski definition) is 3. The number of nitrogens with zero attached hydrogens (tertiary/aromatic N) is 1. The van der Waals surface area contributed by atoms with Crippen molar-refractivity contribution in [3.8, 4) is 11.3 Å². The average molecular weight is 271 g/mol. The van der Waals surface area contributed by atoms with Crippen LogP contribution in [0.2, 0.25) is 10.0 Å². The van der Waals surface area contributed by atoms with Crippen LogP contribution in [-0.4, -0.2) is 5.16 Å².